The van der Waals surface area contributed by atoms with E-state index in [0.717, 1.165) is 0 Å². The Labute approximate surface area is 55.3 Å². The third-order valence-corrected chi connectivity index (χ3v) is 0.710. The van der Waals surface area contributed by atoms with Gasteiger partial charge in [-0.1, -0.05) is 12.2 Å². The van der Waals surface area contributed by atoms with Gasteiger partial charge in [-0.15, -0.1) is 0 Å². The molecule has 0 rings (SSSR count). The molecule has 9 heavy (non-hydrogen) atoms. The van der Waals surface area contributed by atoms with Crippen LogP contribution in [0.25, 0.3) is 0 Å². The van der Waals surface area contributed by atoms with Crippen LogP contribution < -0.4 is 5.32 Å². The lowest BCUT2D eigenvalue weighted by Gasteiger charge is -1.88. The summed E-state index contributed by atoms with van der Waals surface area (Å²) in [6.07, 6.45) is 6.53. The summed E-state index contributed by atoms with van der Waals surface area (Å²) in [5.41, 5.74) is 0. The van der Waals surface area contributed by atoms with Crippen LogP contribution in [0, 0.1) is 0 Å². The molecular weight excluding hydrogens is 114 g/mol. The first kappa shape index (κ1) is 7.95. The maximum absolute atomic E-state index is 10.6. The van der Waals surface area contributed by atoms with Crippen molar-refractivity contribution < 1.29 is 4.79 Å². The molecule has 0 unspecified atom stereocenters. The number of hydrogen-bond donors (Lipinski definition) is 1. The van der Waals surface area contributed by atoms with E-state index in [1.54, 1.807) is 25.3 Å². The minimum Gasteiger partial charge on any atom is -0.329 e. The number of carbonyl (C=O) groups excluding carboxylic acids is 1. The van der Waals surface area contributed by atoms with Gasteiger partial charge in [-0.05, 0) is 26.1 Å². The molecule has 0 atom stereocenters. The fraction of sp³-hybridized carbons (Fsp3) is 0.286. The van der Waals surface area contributed by atoms with Crippen molar-refractivity contribution in [2.45, 2.75) is 13.8 Å². The van der Waals surface area contributed by atoms with E-state index in [4.69, 9.17) is 0 Å². The van der Waals surface area contributed by atoms with Gasteiger partial charge in [-0.2, -0.15) is 0 Å². The Balaban J connectivity index is 3.51. The van der Waals surface area contributed by atoms with E-state index in [2.05, 4.69) is 5.32 Å². The molecular formula is C7H11NO. The molecule has 50 valence electrons. The van der Waals surface area contributed by atoms with Crippen LogP contribution in [0.15, 0.2) is 24.4 Å². The number of rotatable bonds is 2. The molecule has 2 heteroatoms. The van der Waals surface area contributed by atoms with Crippen LogP contribution in [0.4, 0.5) is 0 Å². The molecule has 1 amide bonds. The van der Waals surface area contributed by atoms with Gasteiger partial charge >= 0.3 is 0 Å². The number of nitrogens with one attached hydrogen (secondary N) is 1. The predicted molar refractivity (Wildman–Crippen MR) is 37.8 cm³/mol. The summed E-state index contributed by atoms with van der Waals surface area (Å²) in [6, 6.07) is 0. The second-order valence-electron chi connectivity index (χ2n) is 1.51. The normalized spacial score (nSPS) is 10.9. The van der Waals surface area contributed by atoms with Crippen LogP contribution in [-0.4, -0.2) is 5.91 Å². The molecule has 0 fully saturated rings. The van der Waals surface area contributed by atoms with Crippen molar-refractivity contribution in [3.63, 3.8) is 0 Å². The fourth-order valence-electron chi connectivity index (χ4n) is 0.365. The number of hydrogen-bond acceptors (Lipinski definition) is 1. The summed E-state index contributed by atoms with van der Waals surface area (Å²) in [5.74, 6) is -0.0874. The zero-order valence-corrected chi connectivity index (χ0v) is 5.72. The van der Waals surface area contributed by atoms with E-state index in [0.29, 0.717) is 0 Å². The molecule has 0 radical (unpaired) electrons. The maximum atomic E-state index is 10.6. The second-order valence-corrected chi connectivity index (χ2v) is 1.51. The molecule has 0 bridgehead atoms. The summed E-state index contributed by atoms with van der Waals surface area (Å²) in [5, 5.41) is 2.53. The fourth-order valence-corrected chi connectivity index (χ4v) is 0.365. The average Bonchev–Trinajstić information content (AvgIpc) is 1.85. The molecule has 1 N–H and O–H groups in total. The Morgan fingerprint density at radius 3 is 2.44 bits per heavy atom. The molecule has 0 aromatic heterocycles. The molecule has 0 aliphatic heterocycles. The van der Waals surface area contributed by atoms with Gasteiger partial charge in [0, 0.05) is 0 Å². The van der Waals surface area contributed by atoms with Gasteiger partial charge in [-0.3, -0.25) is 4.79 Å². The molecule has 0 aliphatic carbocycles. The number of carbonyl (C=O) groups is 1. The van der Waals surface area contributed by atoms with Gasteiger partial charge in [0.25, 0.3) is 0 Å². The second kappa shape index (κ2) is 5.09. The Bertz CT molecular complexity index is 136. The van der Waals surface area contributed by atoms with E-state index < -0.39 is 0 Å². The lowest BCUT2D eigenvalue weighted by molar-refractivity contribution is -0.115. The molecule has 0 heterocycles. The molecule has 0 aliphatic rings. The van der Waals surface area contributed by atoms with E-state index in [9.17, 15) is 4.79 Å². The summed E-state index contributed by atoms with van der Waals surface area (Å²) >= 11 is 0. The van der Waals surface area contributed by atoms with Gasteiger partial charge in [0.2, 0.25) is 5.91 Å². The van der Waals surface area contributed by atoms with Gasteiger partial charge in [0.05, 0.1) is 0 Å². The van der Waals surface area contributed by atoms with E-state index in [-0.39, 0.29) is 5.91 Å². The highest BCUT2D eigenvalue weighted by Crippen LogP contribution is 1.71. The summed E-state index contributed by atoms with van der Waals surface area (Å²) in [6.45, 7) is 3.64. The first-order valence-corrected chi connectivity index (χ1v) is 2.85. The lowest BCUT2D eigenvalue weighted by Crippen LogP contribution is -2.12. The average molecular weight is 125 g/mol. The van der Waals surface area contributed by atoms with Crippen molar-refractivity contribution in [2.75, 3.05) is 0 Å². The van der Waals surface area contributed by atoms with Crippen molar-refractivity contribution in [3.8, 4) is 0 Å². The Morgan fingerprint density at radius 2 is 2.00 bits per heavy atom. The monoisotopic (exact) mass is 125 g/mol. The highest BCUT2D eigenvalue weighted by atomic mass is 16.1. The molecule has 2 nitrogen and oxygen atoms in total. The highest BCUT2D eigenvalue weighted by Gasteiger charge is 1.84. The minimum atomic E-state index is -0.0874. The molecule has 0 saturated carbocycles. The summed E-state index contributed by atoms with van der Waals surface area (Å²) < 4.78 is 0. The van der Waals surface area contributed by atoms with Gasteiger partial charge < -0.3 is 5.32 Å². The minimum absolute atomic E-state index is 0.0874. The smallest absolute Gasteiger partial charge is 0.247 e. The number of amides is 1. The van der Waals surface area contributed by atoms with Crippen molar-refractivity contribution in [1.82, 2.24) is 5.32 Å². The largest absolute Gasteiger partial charge is 0.329 e. The maximum Gasteiger partial charge on any atom is 0.247 e. The van der Waals surface area contributed by atoms with Crippen LogP contribution >= 0.6 is 0 Å². The van der Waals surface area contributed by atoms with Crippen LogP contribution in [0.2, 0.25) is 0 Å². The van der Waals surface area contributed by atoms with Crippen molar-refractivity contribution >= 4 is 5.91 Å². The van der Waals surface area contributed by atoms with E-state index in [1.807, 2.05) is 6.92 Å². The first-order chi connectivity index (χ1) is 4.31. The standard InChI is InChI=1S/C7H11NO/c1-3-5-7(9)8-6-4-2/h3-6H,1-2H3,(H,8,9)/b5-3+,6-4-. The third kappa shape index (κ3) is 4.81. The van der Waals surface area contributed by atoms with Crippen molar-refractivity contribution in [3.05, 3.63) is 24.4 Å². The van der Waals surface area contributed by atoms with E-state index >= 15 is 0 Å². The Hall–Kier alpha value is -1.05. The summed E-state index contributed by atoms with van der Waals surface area (Å²) in [7, 11) is 0. The molecule has 0 spiro atoms. The van der Waals surface area contributed by atoms with Gasteiger partial charge in [0.1, 0.15) is 0 Å². The zero-order valence-electron chi connectivity index (χ0n) is 5.72. The van der Waals surface area contributed by atoms with Crippen LogP contribution in [-0.2, 0) is 4.79 Å². The summed E-state index contributed by atoms with van der Waals surface area (Å²) in [4.78, 5) is 10.6. The zero-order chi connectivity index (χ0) is 7.11. The topological polar surface area (TPSA) is 29.1 Å². The first-order valence-electron chi connectivity index (χ1n) is 2.85. The van der Waals surface area contributed by atoms with E-state index in [1.165, 1.54) is 6.08 Å². The van der Waals surface area contributed by atoms with Crippen LogP contribution in [0.5, 0.6) is 0 Å². The quantitative estimate of drug-likeness (QED) is 0.552. The van der Waals surface area contributed by atoms with Gasteiger partial charge in [0.15, 0.2) is 0 Å². The van der Waals surface area contributed by atoms with Crippen LogP contribution in [0.3, 0.4) is 0 Å². The molecule has 0 saturated heterocycles. The molecule has 0 aromatic carbocycles. The predicted octanol–water partition coefficient (Wildman–Crippen LogP) is 1.21. The van der Waals surface area contributed by atoms with Gasteiger partial charge in [-0.25, -0.2) is 0 Å². The number of allylic oxidation sites excluding steroid dienone is 2. The lowest BCUT2D eigenvalue weighted by atomic mass is 10.5. The Kier molecular flexibility index (Phi) is 4.50. The highest BCUT2D eigenvalue weighted by molar-refractivity contribution is 5.88. The SMILES string of the molecule is C/C=C\NC(=O)/C=C/C. The van der Waals surface area contributed by atoms with Crippen molar-refractivity contribution in [1.29, 1.82) is 0 Å². The Morgan fingerprint density at radius 1 is 1.33 bits per heavy atom. The van der Waals surface area contributed by atoms with Crippen molar-refractivity contribution in [2.24, 2.45) is 0 Å². The molecule has 0 aromatic rings. The van der Waals surface area contributed by atoms with Crippen LogP contribution in [0.1, 0.15) is 13.8 Å². The third-order valence-electron chi connectivity index (χ3n) is 0.710.